The number of anilines is 2. The van der Waals surface area contributed by atoms with E-state index in [1.807, 2.05) is 26.8 Å². The Morgan fingerprint density at radius 2 is 2.12 bits per heavy atom. The topological polar surface area (TPSA) is 87.7 Å². The number of carbonyl (C=O) groups is 3. The van der Waals surface area contributed by atoms with Crippen LogP contribution >= 0.6 is 0 Å². The Hall–Kier alpha value is -2.57. The normalized spacial score (nSPS) is 18.9. The van der Waals surface area contributed by atoms with Crippen LogP contribution in [-0.4, -0.2) is 42.5 Å². The number of ether oxygens (including phenoxy) is 1. The van der Waals surface area contributed by atoms with E-state index in [1.54, 1.807) is 12.1 Å². The van der Waals surface area contributed by atoms with Crippen molar-refractivity contribution in [1.82, 2.24) is 5.32 Å². The summed E-state index contributed by atoms with van der Waals surface area (Å²) in [5.74, 6) is -0.989. The Morgan fingerprint density at radius 1 is 1.36 bits per heavy atom. The number of nitrogens with one attached hydrogen (secondary N) is 2. The van der Waals surface area contributed by atoms with Gasteiger partial charge in [0, 0.05) is 12.1 Å². The van der Waals surface area contributed by atoms with E-state index in [9.17, 15) is 14.4 Å². The number of amides is 2. The number of hydrogen-bond acceptors (Lipinski definition) is 5. The van der Waals surface area contributed by atoms with Crippen LogP contribution in [0, 0.1) is 0 Å². The molecule has 2 heterocycles. The lowest BCUT2D eigenvalue weighted by atomic mass is 10.1. The fraction of sp³-hybridized carbons (Fsp3) is 0.500. The second-order valence-electron chi connectivity index (χ2n) is 7.45. The number of hydrogen-bond donors (Lipinski definition) is 2. The van der Waals surface area contributed by atoms with Crippen LogP contribution in [0.3, 0.4) is 0 Å². The fourth-order valence-electron chi connectivity index (χ4n) is 3.23. The van der Waals surface area contributed by atoms with Crippen LogP contribution < -0.4 is 15.5 Å². The van der Waals surface area contributed by atoms with Crippen molar-refractivity contribution >= 4 is 29.2 Å². The van der Waals surface area contributed by atoms with Gasteiger partial charge in [-0.15, -0.1) is 0 Å². The van der Waals surface area contributed by atoms with E-state index < -0.39 is 5.97 Å². The zero-order chi connectivity index (χ0) is 18.2. The molecule has 0 bridgehead atoms. The van der Waals surface area contributed by atoms with Crippen LogP contribution in [-0.2, 0) is 14.3 Å². The Bertz CT molecular complexity index is 724. The quantitative estimate of drug-likeness (QED) is 0.814. The third-order valence-corrected chi connectivity index (χ3v) is 4.20. The highest BCUT2D eigenvalue weighted by atomic mass is 16.5. The molecule has 1 atom stereocenters. The number of nitrogens with zero attached hydrogens (tertiary/aromatic N) is 1. The molecule has 2 N–H and O–H groups in total. The van der Waals surface area contributed by atoms with E-state index in [-0.39, 0.29) is 30.0 Å². The summed E-state index contributed by atoms with van der Waals surface area (Å²) < 4.78 is 5.06. The maximum atomic E-state index is 12.2. The average molecular weight is 345 g/mol. The van der Waals surface area contributed by atoms with Crippen molar-refractivity contribution in [2.45, 2.75) is 45.2 Å². The molecule has 1 aromatic carbocycles. The van der Waals surface area contributed by atoms with Gasteiger partial charge in [0.25, 0.3) is 5.91 Å². The fourth-order valence-corrected chi connectivity index (χ4v) is 3.23. The molecule has 134 valence electrons. The largest absolute Gasteiger partial charge is 0.452 e. The minimum Gasteiger partial charge on any atom is -0.452 e. The van der Waals surface area contributed by atoms with Crippen molar-refractivity contribution in [2.24, 2.45) is 0 Å². The summed E-state index contributed by atoms with van der Waals surface area (Å²) in [5.41, 5.74) is 1.45. The molecule has 7 heteroatoms. The summed E-state index contributed by atoms with van der Waals surface area (Å²) in [4.78, 5) is 38.1. The summed E-state index contributed by atoms with van der Waals surface area (Å²) in [7, 11) is 0. The van der Waals surface area contributed by atoms with Gasteiger partial charge in [0.1, 0.15) is 6.04 Å². The Balaban J connectivity index is 1.68. The Kier molecular flexibility index (Phi) is 4.41. The molecule has 1 aromatic rings. The highest BCUT2D eigenvalue weighted by Crippen LogP contribution is 2.37. The third kappa shape index (κ3) is 3.75. The minimum absolute atomic E-state index is 0.0416. The van der Waals surface area contributed by atoms with Gasteiger partial charge in [-0.25, -0.2) is 4.79 Å². The molecule has 0 aliphatic carbocycles. The Labute approximate surface area is 146 Å². The lowest BCUT2D eigenvalue weighted by molar-refractivity contribution is -0.125. The summed E-state index contributed by atoms with van der Waals surface area (Å²) in [6.07, 6.45) is 1.82. The number of benzene rings is 1. The maximum absolute atomic E-state index is 12.2. The van der Waals surface area contributed by atoms with Gasteiger partial charge < -0.3 is 20.3 Å². The average Bonchev–Trinajstić information content (AvgIpc) is 3.01. The molecule has 0 aromatic heterocycles. The van der Waals surface area contributed by atoms with E-state index in [4.69, 9.17) is 4.74 Å². The highest BCUT2D eigenvalue weighted by Gasteiger charge is 2.36. The lowest BCUT2D eigenvalue weighted by Gasteiger charge is -2.33. The standard InChI is InChI=1S/C18H23N3O4/c1-18(2,3)20-15(22)10-25-17(24)11-6-7-13-12(9-11)19-16(23)14-5-4-8-21(13)14/h6-7,9,14H,4-5,8,10H2,1-3H3,(H,19,23)(H,20,22)/t14-/m0/s1. The van der Waals surface area contributed by atoms with Crippen molar-refractivity contribution in [2.75, 3.05) is 23.4 Å². The molecule has 25 heavy (non-hydrogen) atoms. The first-order valence-corrected chi connectivity index (χ1v) is 8.44. The number of fused-ring (bicyclic) bond motifs is 3. The molecule has 1 fully saturated rings. The third-order valence-electron chi connectivity index (χ3n) is 4.20. The maximum Gasteiger partial charge on any atom is 0.338 e. The number of esters is 1. The van der Waals surface area contributed by atoms with Crippen LogP contribution in [0.5, 0.6) is 0 Å². The van der Waals surface area contributed by atoms with Crippen LogP contribution in [0.15, 0.2) is 18.2 Å². The minimum atomic E-state index is -0.593. The number of carbonyl (C=O) groups excluding carboxylic acids is 3. The van der Waals surface area contributed by atoms with Gasteiger partial charge in [-0.2, -0.15) is 0 Å². The smallest absolute Gasteiger partial charge is 0.338 e. The predicted octanol–water partition coefficient (Wildman–Crippen LogP) is 1.68. The first-order chi connectivity index (χ1) is 11.7. The van der Waals surface area contributed by atoms with E-state index >= 15 is 0 Å². The van der Waals surface area contributed by atoms with Crippen LogP contribution in [0.1, 0.15) is 44.0 Å². The van der Waals surface area contributed by atoms with Crippen LogP contribution in [0.2, 0.25) is 0 Å². The molecule has 0 unspecified atom stereocenters. The SMILES string of the molecule is CC(C)(C)NC(=O)COC(=O)c1ccc2c(c1)NC(=O)[C@@H]1CCCN21. The monoisotopic (exact) mass is 345 g/mol. The van der Waals surface area contributed by atoms with Crippen LogP contribution in [0.4, 0.5) is 11.4 Å². The molecule has 0 radical (unpaired) electrons. The van der Waals surface area contributed by atoms with E-state index in [2.05, 4.69) is 15.5 Å². The van der Waals surface area contributed by atoms with E-state index in [0.29, 0.717) is 11.3 Å². The zero-order valence-corrected chi connectivity index (χ0v) is 14.7. The first-order valence-electron chi connectivity index (χ1n) is 8.44. The number of rotatable bonds is 3. The zero-order valence-electron chi connectivity index (χ0n) is 14.7. The van der Waals surface area contributed by atoms with Gasteiger partial charge in [0.2, 0.25) is 5.91 Å². The first kappa shape index (κ1) is 17.3. The molecular weight excluding hydrogens is 322 g/mol. The van der Waals surface area contributed by atoms with Crippen molar-refractivity contribution < 1.29 is 19.1 Å². The molecule has 0 spiro atoms. The summed E-state index contributed by atoms with van der Waals surface area (Å²) in [6, 6.07) is 4.96. The Morgan fingerprint density at radius 3 is 2.84 bits per heavy atom. The van der Waals surface area contributed by atoms with Gasteiger partial charge in [0.15, 0.2) is 6.61 Å². The van der Waals surface area contributed by atoms with Gasteiger partial charge in [-0.1, -0.05) is 0 Å². The molecule has 2 amide bonds. The van der Waals surface area contributed by atoms with Crippen molar-refractivity contribution in [1.29, 1.82) is 0 Å². The molecule has 2 aliphatic rings. The molecule has 0 saturated carbocycles. The van der Waals surface area contributed by atoms with Gasteiger partial charge >= 0.3 is 5.97 Å². The van der Waals surface area contributed by atoms with E-state index in [0.717, 1.165) is 25.1 Å². The van der Waals surface area contributed by atoms with E-state index in [1.165, 1.54) is 0 Å². The predicted molar refractivity (Wildman–Crippen MR) is 93.6 cm³/mol. The molecule has 2 aliphatic heterocycles. The molecular formula is C18H23N3O4. The summed E-state index contributed by atoms with van der Waals surface area (Å²) in [6.45, 7) is 6.05. The lowest BCUT2D eigenvalue weighted by Crippen LogP contribution is -2.44. The van der Waals surface area contributed by atoms with Crippen molar-refractivity contribution in [3.05, 3.63) is 23.8 Å². The van der Waals surface area contributed by atoms with Crippen LogP contribution in [0.25, 0.3) is 0 Å². The van der Waals surface area contributed by atoms with Gasteiger partial charge in [-0.05, 0) is 51.8 Å². The van der Waals surface area contributed by atoms with Crippen molar-refractivity contribution in [3.8, 4) is 0 Å². The molecule has 3 rings (SSSR count). The second-order valence-corrected chi connectivity index (χ2v) is 7.45. The van der Waals surface area contributed by atoms with Gasteiger partial charge in [0.05, 0.1) is 16.9 Å². The van der Waals surface area contributed by atoms with Crippen molar-refractivity contribution in [3.63, 3.8) is 0 Å². The van der Waals surface area contributed by atoms with Gasteiger partial charge in [-0.3, -0.25) is 9.59 Å². The summed E-state index contributed by atoms with van der Waals surface area (Å²) in [5, 5.41) is 5.58. The molecule has 7 nitrogen and oxygen atoms in total. The second kappa shape index (κ2) is 6.38. The summed E-state index contributed by atoms with van der Waals surface area (Å²) >= 11 is 0. The molecule has 1 saturated heterocycles. The highest BCUT2D eigenvalue weighted by molar-refractivity contribution is 6.05.